The molecule has 21 heavy (non-hydrogen) atoms. The Morgan fingerprint density at radius 1 is 1.48 bits per heavy atom. The van der Waals surface area contributed by atoms with E-state index in [1.165, 1.54) is 0 Å². The summed E-state index contributed by atoms with van der Waals surface area (Å²) >= 11 is 3.41. The van der Waals surface area contributed by atoms with Crippen LogP contribution in [-0.4, -0.2) is 36.3 Å². The number of benzene rings is 1. The Labute approximate surface area is 134 Å². The highest BCUT2D eigenvalue weighted by molar-refractivity contribution is 9.10. The van der Waals surface area contributed by atoms with Crippen molar-refractivity contribution in [1.29, 1.82) is 0 Å². The summed E-state index contributed by atoms with van der Waals surface area (Å²) < 4.78 is 6.40. The summed E-state index contributed by atoms with van der Waals surface area (Å²) in [6, 6.07) is 5.28. The summed E-state index contributed by atoms with van der Waals surface area (Å²) in [5.41, 5.74) is 6.43. The molecule has 0 heterocycles. The standard InChI is InChI=1S/C15H23BrN2O3/c1-9(2)14(15(17)20)18-7-11(19)8-21-13-5-4-10(3)6-12(13)16/h4-6,9,11,14,18-19H,7-8H2,1-3H3,(H2,17,20). The monoisotopic (exact) mass is 358 g/mol. The van der Waals surface area contributed by atoms with Crippen LogP contribution < -0.4 is 15.8 Å². The van der Waals surface area contributed by atoms with Gasteiger partial charge in [0.15, 0.2) is 0 Å². The molecule has 1 amide bonds. The fourth-order valence-electron chi connectivity index (χ4n) is 1.90. The van der Waals surface area contributed by atoms with Gasteiger partial charge in [-0.2, -0.15) is 0 Å². The first-order valence-electron chi connectivity index (χ1n) is 6.91. The summed E-state index contributed by atoms with van der Waals surface area (Å²) in [6.07, 6.45) is -0.723. The molecule has 0 aliphatic rings. The van der Waals surface area contributed by atoms with Crippen molar-refractivity contribution >= 4 is 21.8 Å². The van der Waals surface area contributed by atoms with Crippen molar-refractivity contribution in [3.8, 4) is 5.75 Å². The molecule has 1 aromatic rings. The Kier molecular flexibility index (Phi) is 7.14. The van der Waals surface area contributed by atoms with Crippen LogP contribution in [0, 0.1) is 12.8 Å². The molecule has 2 atom stereocenters. The van der Waals surface area contributed by atoms with Crippen LogP contribution in [0.1, 0.15) is 19.4 Å². The summed E-state index contributed by atoms with van der Waals surface area (Å²) in [5, 5.41) is 12.9. The second kappa shape index (κ2) is 8.36. The van der Waals surface area contributed by atoms with Gasteiger partial charge in [-0.1, -0.05) is 19.9 Å². The SMILES string of the molecule is Cc1ccc(OCC(O)CNC(C(N)=O)C(C)C)c(Br)c1. The number of carbonyl (C=O) groups excluding carboxylic acids is 1. The number of nitrogens with two attached hydrogens (primary N) is 1. The molecular formula is C15H23BrN2O3. The highest BCUT2D eigenvalue weighted by Crippen LogP contribution is 2.25. The van der Waals surface area contributed by atoms with Gasteiger partial charge in [-0.05, 0) is 46.5 Å². The second-order valence-electron chi connectivity index (χ2n) is 5.43. The molecule has 118 valence electrons. The van der Waals surface area contributed by atoms with Crippen LogP contribution in [0.4, 0.5) is 0 Å². The number of primary amides is 1. The number of halogens is 1. The smallest absolute Gasteiger partial charge is 0.234 e. The van der Waals surface area contributed by atoms with E-state index in [9.17, 15) is 9.90 Å². The van der Waals surface area contributed by atoms with Gasteiger partial charge in [0, 0.05) is 6.54 Å². The number of aliphatic hydroxyl groups excluding tert-OH is 1. The minimum absolute atomic E-state index is 0.0712. The summed E-state index contributed by atoms with van der Waals surface area (Å²) in [4.78, 5) is 11.3. The Morgan fingerprint density at radius 3 is 2.67 bits per heavy atom. The third kappa shape index (κ3) is 6.03. The molecule has 0 bridgehead atoms. The third-order valence-corrected chi connectivity index (χ3v) is 3.68. The van der Waals surface area contributed by atoms with Crippen LogP contribution in [0.5, 0.6) is 5.75 Å². The molecule has 1 aromatic carbocycles. The van der Waals surface area contributed by atoms with Gasteiger partial charge in [0.25, 0.3) is 0 Å². The fraction of sp³-hybridized carbons (Fsp3) is 0.533. The van der Waals surface area contributed by atoms with Gasteiger partial charge in [0.05, 0.1) is 10.5 Å². The number of rotatable bonds is 8. The first-order valence-corrected chi connectivity index (χ1v) is 7.70. The lowest BCUT2D eigenvalue weighted by molar-refractivity contribution is -0.121. The number of carbonyl (C=O) groups is 1. The quantitative estimate of drug-likeness (QED) is 0.658. The lowest BCUT2D eigenvalue weighted by Gasteiger charge is -2.21. The molecule has 5 nitrogen and oxygen atoms in total. The van der Waals surface area contributed by atoms with Crippen molar-refractivity contribution in [2.75, 3.05) is 13.2 Å². The van der Waals surface area contributed by atoms with E-state index in [0.717, 1.165) is 10.0 Å². The number of hydrogen-bond donors (Lipinski definition) is 3. The number of ether oxygens (including phenoxy) is 1. The van der Waals surface area contributed by atoms with E-state index in [4.69, 9.17) is 10.5 Å². The molecule has 6 heteroatoms. The average molecular weight is 359 g/mol. The summed E-state index contributed by atoms with van der Waals surface area (Å²) in [7, 11) is 0. The van der Waals surface area contributed by atoms with Gasteiger partial charge < -0.3 is 20.9 Å². The predicted octanol–water partition coefficient (Wildman–Crippen LogP) is 1.60. The minimum Gasteiger partial charge on any atom is -0.490 e. The molecular weight excluding hydrogens is 336 g/mol. The molecule has 0 aromatic heterocycles. The minimum atomic E-state index is -0.723. The first kappa shape index (κ1) is 17.9. The van der Waals surface area contributed by atoms with Gasteiger partial charge in [0.1, 0.15) is 18.5 Å². The summed E-state index contributed by atoms with van der Waals surface area (Å²) in [6.45, 7) is 6.17. The maximum absolute atomic E-state index is 11.3. The van der Waals surface area contributed by atoms with E-state index in [-0.39, 0.29) is 19.1 Å². The second-order valence-corrected chi connectivity index (χ2v) is 6.29. The zero-order chi connectivity index (χ0) is 16.0. The normalized spacial score (nSPS) is 14.0. The molecule has 0 saturated carbocycles. The van der Waals surface area contributed by atoms with E-state index in [0.29, 0.717) is 5.75 Å². The molecule has 0 saturated heterocycles. The topological polar surface area (TPSA) is 84.6 Å². The van der Waals surface area contributed by atoms with Gasteiger partial charge in [-0.25, -0.2) is 0 Å². The molecule has 0 fully saturated rings. The van der Waals surface area contributed by atoms with Crippen LogP contribution in [0.2, 0.25) is 0 Å². The highest BCUT2D eigenvalue weighted by Gasteiger charge is 2.20. The number of aliphatic hydroxyl groups is 1. The Hall–Kier alpha value is -1.11. The van der Waals surface area contributed by atoms with Crippen molar-refractivity contribution in [1.82, 2.24) is 5.32 Å². The maximum atomic E-state index is 11.3. The molecule has 1 rings (SSSR count). The van der Waals surface area contributed by atoms with E-state index >= 15 is 0 Å². The van der Waals surface area contributed by atoms with E-state index < -0.39 is 18.1 Å². The van der Waals surface area contributed by atoms with Gasteiger partial charge >= 0.3 is 0 Å². The molecule has 0 aliphatic heterocycles. The molecule has 0 radical (unpaired) electrons. The number of amides is 1. The zero-order valence-corrected chi connectivity index (χ0v) is 14.2. The van der Waals surface area contributed by atoms with Crippen molar-refractivity contribution in [2.24, 2.45) is 11.7 Å². The van der Waals surface area contributed by atoms with Crippen molar-refractivity contribution < 1.29 is 14.6 Å². The van der Waals surface area contributed by atoms with Crippen LogP contribution in [0.3, 0.4) is 0 Å². The van der Waals surface area contributed by atoms with Crippen molar-refractivity contribution in [3.63, 3.8) is 0 Å². The highest BCUT2D eigenvalue weighted by atomic mass is 79.9. The largest absolute Gasteiger partial charge is 0.490 e. The lowest BCUT2D eigenvalue weighted by Crippen LogP contribution is -2.48. The zero-order valence-electron chi connectivity index (χ0n) is 12.6. The van der Waals surface area contributed by atoms with Crippen LogP contribution in [-0.2, 0) is 4.79 Å². The first-order chi connectivity index (χ1) is 9.81. The number of nitrogens with one attached hydrogen (secondary N) is 1. The number of aryl methyl sites for hydroxylation is 1. The fourth-order valence-corrected chi connectivity index (χ4v) is 2.50. The van der Waals surface area contributed by atoms with Crippen LogP contribution >= 0.6 is 15.9 Å². The van der Waals surface area contributed by atoms with Gasteiger partial charge in [-0.15, -0.1) is 0 Å². The third-order valence-electron chi connectivity index (χ3n) is 3.07. The van der Waals surface area contributed by atoms with Gasteiger partial charge in [0.2, 0.25) is 5.91 Å². The maximum Gasteiger partial charge on any atom is 0.234 e. The van der Waals surface area contributed by atoms with Crippen molar-refractivity contribution in [2.45, 2.75) is 32.9 Å². The lowest BCUT2D eigenvalue weighted by atomic mass is 10.0. The number of hydrogen-bond acceptors (Lipinski definition) is 4. The van der Waals surface area contributed by atoms with Crippen molar-refractivity contribution in [3.05, 3.63) is 28.2 Å². The van der Waals surface area contributed by atoms with E-state index in [2.05, 4.69) is 21.2 Å². The molecule has 4 N–H and O–H groups in total. The molecule has 0 aliphatic carbocycles. The summed E-state index contributed by atoms with van der Waals surface area (Å²) in [5.74, 6) is 0.330. The Balaban J connectivity index is 2.43. The van der Waals surface area contributed by atoms with Crippen LogP contribution in [0.15, 0.2) is 22.7 Å². The molecule has 0 spiro atoms. The average Bonchev–Trinajstić information content (AvgIpc) is 2.37. The van der Waals surface area contributed by atoms with E-state index in [1.807, 2.05) is 39.0 Å². The van der Waals surface area contributed by atoms with Crippen LogP contribution in [0.25, 0.3) is 0 Å². The van der Waals surface area contributed by atoms with E-state index in [1.54, 1.807) is 0 Å². The van der Waals surface area contributed by atoms with Gasteiger partial charge in [-0.3, -0.25) is 4.79 Å². The predicted molar refractivity (Wildman–Crippen MR) is 86.2 cm³/mol. The Bertz CT molecular complexity index is 480. The Morgan fingerprint density at radius 2 is 2.14 bits per heavy atom. The molecule has 2 unspecified atom stereocenters.